The fourth-order valence-corrected chi connectivity index (χ4v) is 1.26. The first-order chi connectivity index (χ1) is 7.16. The van der Waals surface area contributed by atoms with Crippen molar-refractivity contribution in [1.29, 1.82) is 0 Å². The number of hydrogen-bond acceptors (Lipinski definition) is 1. The molecule has 0 radical (unpaired) electrons. The minimum Gasteiger partial charge on any atom is -0.396 e. The minimum absolute atomic E-state index is 0.0436. The maximum absolute atomic E-state index is 13.2. The first-order valence-corrected chi connectivity index (χ1v) is 4.16. The van der Waals surface area contributed by atoms with Gasteiger partial charge >= 0.3 is 6.18 Å². The summed E-state index contributed by atoms with van der Waals surface area (Å²) in [6, 6.07) is 0.726. The van der Waals surface area contributed by atoms with Gasteiger partial charge in [0.05, 0.1) is 5.69 Å². The molecule has 0 saturated carbocycles. The van der Waals surface area contributed by atoms with Gasteiger partial charge < -0.3 is 5.73 Å². The lowest BCUT2D eigenvalue weighted by Gasteiger charge is -2.15. The van der Waals surface area contributed by atoms with Crippen LogP contribution in [0.2, 0.25) is 0 Å². The molecule has 0 fully saturated rings. The average Bonchev–Trinajstić information content (AvgIpc) is 2.10. The second kappa shape index (κ2) is 3.77. The van der Waals surface area contributed by atoms with Crippen LogP contribution in [-0.4, -0.2) is 0 Å². The van der Waals surface area contributed by atoms with Crippen LogP contribution in [0.5, 0.6) is 0 Å². The van der Waals surface area contributed by atoms with Gasteiger partial charge in [0.2, 0.25) is 0 Å². The van der Waals surface area contributed by atoms with Crippen molar-refractivity contribution in [2.45, 2.75) is 13.1 Å². The van der Waals surface area contributed by atoms with Crippen LogP contribution < -0.4 is 5.73 Å². The zero-order valence-electron chi connectivity index (χ0n) is 8.25. The summed E-state index contributed by atoms with van der Waals surface area (Å²) in [5.41, 5.74) is 2.11. The number of halogens is 5. The first kappa shape index (κ1) is 12.5. The maximum atomic E-state index is 13.2. The number of alkyl halides is 3. The highest BCUT2D eigenvalue weighted by molar-refractivity contribution is 5.69. The molecular weight excluding hydrogens is 229 g/mol. The van der Waals surface area contributed by atoms with Gasteiger partial charge in [0.1, 0.15) is 5.56 Å². The molecule has 88 valence electrons. The van der Waals surface area contributed by atoms with Crippen LogP contribution in [0.3, 0.4) is 0 Å². The quantitative estimate of drug-likeness (QED) is 0.586. The number of benzene rings is 1. The van der Waals surface area contributed by atoms with Crippen molar-refractivity contribution in [3.63, 3.8) is 0 Å². The molecule has 1 rings (SSSR count). The summed E-state index contributed by atoms with van der Waals surface area (Å²) in [7, 11) is 0. The molecule has 0 heterocycles. The SMILES string of the molecule is C=C(C)c1cc(N)c(F)c(F)c1C(F)(F)F. The summed E-state index contributed by atoms with van der Waals surface area (Å²) in [5, 5.41) is 0. The molecule has 0 saturated heterocycles. The van der Waals surface area contributed by atoms with Crippen LogP contribution in [-0.2, 0) is 6.18 Å². The van der Waals surface area contributed by atoms with Crippen molar-refractivity contribution in [3.8, 4) is 0 Å². The molecule has 1 nitrogen and oxygen atoms in total. The Bertz CT molecular complexity index is 448. The highest BCUT2D eigenvalue weighted by Crippen LogP contribution is 2.38. The van der Waals surface area contributed by atoms with Gasteiger partial charge in [-0.2, -0.15) is 13.2 Å². The zero-order chi connectivity index (χ0) is 12.7. The molecule has 0 unspecified atom stereocenters. The number of anilines is 1. The molecule has 1 aromatic rings. The molecule has 0 amide bonds. The van der Waals surface area contributed by atoms with Crippen LogP contribution in [0.15, 0.2) is 12.6 Å². The standard InChI is InChI=1S/C10H8F5N/c1-4(2)5-3-6(16)8(11)9(12)7(5)10(13,14)15/h3H,1,16H2,2H3. The van der Waals surface area contributed by atoms with E-state index < -0.39 is 34.6 Å². The summed E-state index contributed by atoms with van der Waals surface area (Å²) in [6.07, 6.45) is -4.99. The van der Waals surface area contributed by atoms with E-state index in [1.54, 1.807) is 0 Å². The van der Waals surface area contributed by atoms with Gasteiger partial charge in [-0.1, -0.05) is 12.2 Å². The Hall–Kier alpha value is -1.59. The predicted octanol–water partition coefficient (Wildman–Crippen LogP) is 3.60. The average molecular weight is 237 g/mol. The van der Waals surface area contributed by atoms with E-state index in [-0.39, 0.29) is 5.57 Å². The van der Waals surface area contributed by atoms with Crippen LogP contribution >= 0.6 is 0 Å². The summed E-state index contributed by atoms with van der Waals surface area (Å²) >= 11 is 0. The lowest BCUT2D eigenvalue weighted by Crippen LogP contribution is -2.14. The molecule has 0 spiro atoms. The van der Waals surface area contributed by atoms with Crippen molar-refractivity contribution < 1.29 is 22.0 Å². The van der Waals surface area contributed by atoms with Gasteiger partial charge in [-0.3, -0.25) is 0 Å². The van der Waals surface area contributed by atoms with Crippen LogP contribution in [0.4, 0.5) is 27.6 Å². The highest BCUT2D eigenvalue weighted by Gasteiger charge is 2.39. The number of nitrogen functional groups attached to an aromatic ring is 1. The van der Waals surface area contributed by atoms with E-state index >= 15 is 0 Å². The molecular formula is C10H8F5N. The monoisotopic (exact) mass is 237 g/mol. The van der Waals surface area contributed by atoms with E-state index in [0.717, 1.165) is 6.07 Å². The van der Waals surface area contributed by atoms with Crippen LogP contribution in [0.25, 0.3) is 5.57 Å². The fourth-order valence-electron chi connectivity index (χ4n) is 1.26. The summed E-state index contributed by atoms with van der Waals surface area (Å²) in [5.74, 6) is -3.69. The third-order valence-corrected chi connectivity index (χ3v) is 1.98. The van der Waals surface area contributed by atoms with Gasteiger partial charge in [-0.25, -0.2) is 8.78 Å². The minimum atomic E-state index is -4.99. The van der Waals surface area contributed by atoms with Gasteiger partial charge in [-0.15, -0.1) is 0 Å². The van der Waals surface area contributed by atoms with E-state index in [9.17, 15) is 22.0 Å². The topological polar surface area (TPSA) is 26.0 Å². The Morgan fingerprint density at radius 1 is 1.25 bits per heavy atom. The van der Waals surface area contributed by atoms with Crippen molar-refractivity contribution >= 4 is 11.3 Å². The third kappa shape index (κ3) is 2.00. The van der Waals surface area contributed by atoms with E-state index in [4.69, 9.17) is 5.73 Å². The maximum Gasteiger partial charge on any atom is 0.419 e. The van der Waals surface area contributed by atoms with E-state index in [0.29, 0.717) is 0 Å². The molecule has 0 bridgehead atoms. The molecule has 0 aromatic heterocycles. The van der Waals surface area contributed by atoms with Crippen molar-refractivity contribution in [2.75, 3.05) is 5.73 Å². The Morgan fingerprint density at radius 3 is 2.12 bits per heavy atom. The molecule has 0 aliphatic heterocycles. The lowest BCUT2D eigenvalue weighted by molar-refractivity contribution is -0.140. The van der Waals surface area contributed by atoms with Gasteiger partial charge in [0.15, 0.2) is 11.6 Å². The Morgan fingerprint density at radius 2 is 1.75 bits per heavy atom. The fraction of sp³-hybridized carbons (Fsp3) is 0.200. The van der Waals surface area contributed by atoms with E-state index in [2.05, 4.69) is 6.58 Å². The Labute approximate surface area is 88.4 Å². The molecule has 2 N–H and O–H groups in total. The van der Waals surface area contributed by atoms with Crippen LogP contribution in [0.1, 0.15) is 18.1 Å². The second-order valence-electron chi connectivity index (χ2n) is 3.29. The molecule has 0 aliphatic carbocycles. The lowest BCUT2D eigenvalue weighted by atomic mass is 9.99. The predicted molar refractivity (Wildman–Crippen MR) is 50.5 cm³/mol. The van der Waals surface area contributed by atoms with Crippen LogP contribution in [0, 0.1) is 11.6 Å². The Kier molecular flexibility index (Phi) is 2.94. The van der Waals surface area contributed by atoms with Crippen molar-refractivity contribution in [2.24, 2.45) is 0 Å². The van der Waals surface area contributed by atoms with Gasteiger partial charge in [0.25, 0.3) is 0 Å². The molecule has 0 atom stereocenters. The molecule has 1 aromatic carbocycles. The number of hydrogen-bond donors (Lipinski definition) is 1. The Balaban J connectivity index is 3.68. The first-order valence-electron chi connectivity index (χ1n) is 4.16. The summed E-state index contributed by atoms with van der Waals surface area (Å²) in [6.45, 7) is 4.52. The van der Waals surface area contributed by atoms with E-state index in [1.165, 1.54) is 6.92 Å². The largest absolute Gasteiger partial charge is 0.419 e. The van der Waals surface area contributed by atoms with Crippen molar-refractivity contribution in [1.82, 2.24) is 0 Å². The number of allylic oxidation sites excluding steroid dienone is 1. The van der Waals surface area contributed by atoms with Crippen molar-refractivity contribution in [3.05, 3.63) is 35.4 Å². The summed E-state index contributed by atoms with van der Waals surface area (Å²) < 4.78 is 63.6. The molecule has 6 heteroatoms. The smallest absolute Gasteiger partial charge is 0.396 e. The normalized spacial score (nSPS) is 11.6. The third-order valence-electron chi connectivity index (χ3n) is 1.98. The molecule has 0 aliphatic rings. The van der Waals surface area contributed by atoms with Gasteiger partial charge in [-0.05, 0) is 18.6 Å². The second-order valence-corrected chi connectivity index (χ2v) is 3.29. The number of rotatable bonds is 1. The highest BCUT2D eigenvalue weighted by atomic mass is 19.4. The zero-order valence-corrected chi connectivity index (χ0v) is 8.25. The van der Waals surface area contributed by atoms with Gasteiger partial charge in [0, 0.05) is 0 Å². The molecule has 16 heavy (non-hydrogen) atoms. The van der Waals surface area contributed by atoms with E-state index in [1.807, 2.05) is 0 Å². The number of nitrogens with two attached hydrogens (primary N) is 1. The summed E-state index contributed by atoms with van der Waals surface area (Å²) in [4.78, 5) is 0.